The zero-order chi connectivity index (χ0) is 24.1. The molecule has 0 spiro atoms. The Hall–Kier alpha value is -3.70. The molecule has 0 radical (unpaired) electrons. The third-order valence-electron chi connectivity index (χ3n) is 4.83. The van der Waals surface area contributed by atoms with Crippen LogP contribution in [0, 0.1) is 0 Å². The van der Waals surface area contributed by atoms with Crippen LogP contribution < -0.4 is 21.3 Å². The summed E-state index contributed by atoms with van der Waals surface area (Å²) in [5.41, 5.74) is 6.25. The number of nitrogens with one attached hydrogen (secondary N) is 2. The summed E-state index contributed by atoms with van der Waals surface area (Å²) in [6, 6.07) is 5.89. The first-order valence-electron chi connectivity index (χ1n) is 10.8. The van der Waals surface area contributed by atoms with E-state index >= 15 is 0 Å². The van der Waals surface area contributed by atoms with Crippen molar-refractivity contribution in [1.29, 1.82) is 0 Å². The molecule has 0 aromatic heterocycles. The van der Waals surface area contributed by atoms with E-state index in [0.717, 1.165) is 24.8 Å². The molecule has 0 saturated carbocycles. The molecule has 0 bridgehead atoms. The van der Waals surface area contributed by atoms with Crippen molar-refractivity contribution in [3.63, 3.8) is 0 Å². The Morgan fingerprint density at radius 1 is 1.21 bits per heavy atom. The minimum absolute atomic E-state index is 0.0743. The van der Waals surface area contributed by atoms with Gasteiger partial charge in [-0.15, -0.1) is 5.11 Å². The summed E-state index contributed by atoms with van der Waals surface area (Å²) in [5.74, 6) is -0.581. The van der Waals surface area contributed by atoms with E-state index in [1.54, 1.807) is 29.2 Å². The maximum Gasteiger partial charge on any atom is 0.432 e. The van der Waals surface area contributed by atoms with Gasteiger partial charge in [0.25, 0.3) is 0 Å². The second-order valence-corrected chi connectivity index (χ2v) is 7.37. The molecular weight excluding hydrogens is 432 g/mol. The number of hydrogen-bond acceptors (Lipinski definition) is 8. The van der Waals surface area contributed by atoms with Gasteiger partial charge < -0.3 is 26.0 Å². The van der Waals surface area contributed by atoms with Crippen molar-refractivity contribution in [3.05, 3.63) is 29.8 Å². The molecule has 1 aliphatic heterocycles. The second-order valence-electron chi connectivity index (χ2n) is 7.37. The van der Waals surface area contributed by atoms with Gasteiger partial charge in [0.15, 0.2) is 0 Å². The lowest BCUT2D eigenvalue weighted by Gasteiger charge is -2.17. The number of amides is 4. The van der Waals surface area contributed by atoms with E-state index in [0.29, 0.717) is 25.3 Å². The van der Waals surface area contributed by atoms with Crippen LogP contribution in [-0.4, -0.2) is 49.7 Å². The summed E-state index contributed by atoms with van der Waals surface area (Å²) in [7, 11) is 0. The minimum Gasteiger partial charge on any atom is -0.466 e. The molecule has 1 aromatic rings. The first-order valence-corrected chi connectivity index (χ1v) is 10.8. The molecule has 0 unspecified atom stereocenters. The number of primary amides is 1. The van der Waals surface area contributed by atoms with Crippen molar-refractivity contribution in [1.82, 2.24) is 10.6 Å². The minimum atomic E-state index is -1.04. The molecule has 180 valence electrons. The lowest BCUT2D eigenvalue weighted by atomic mass is 10.2. The Labute approximate surface area is 191 Å². The van der Waals surface area contributed by atoms with E-state index in [1.165, 1.54) is 0 Å². The molecule has 4 N–H and O–H groups in total. The van der Waals surface area contributed by atoms with Crippen molar-refractivity contribution < 1.29 is 28.8 Å². The number of carbonyl (C=O) groups is 4. The smallest absolute Gasteiger partial charge is 0.432 e. The Morgan fingerprint density at radius 3 is 2.67 bits per heavy atom. The van der Waals surface area contributed by atoms with Crippen LogP contribution in [0.25, 0.3) is 0 Å². The highest BCUT2D eigenvalue weighted by molar-refractivity contribution is 6.01. The van der Waals surface area contributed by atoms with Gasteiger partial charge >= 0.3 is 18.1 Å². The van der Waals surface area contributed by atoms with Crippen LogP contribution in [-0.2, 0) is 25.7 Å². The topological polar surface area (TPSA) is 165 Å². The predicted octanol–water partition coefficient (Wildman–Crippen LogP) is 2.18. The summed E-state index contributed by atoms with van der Waals surface area (Å²) in [4.78, 5) is 52.5. The molecule has 4 amide bonds. The Balaban J connectivity index is 1.72. The van der Waals surface area contributed by atoms with Gasteiger partial charge in [0.1, 0.15) is 6.04 Å². The number of nitrogens with zero attached hydrogens (tertiary/aromatic N) is 3. The lowest BCUT2D eigenvalue weighted by molar-refractivity contribution is -0.143. The van der Waals surface area contributed by atoms with Crippen LogP contribution in [0.5, 0.6) is 0 Å². The molecule has 12 nitrogen and oxygen atoms in total. The van der Waals surface area contributed by atoms with Gasteiger partial charge in [0, 0.05) is 24.1 Å². The average molecular weight is 463 g/mol. The van der Waals surface area contributed by atoms with Crippen LogP contribution in [0.2, 0.25) is 0 Å². The van der Waals surface area contributed by atoms with Gasteiger partial charge in [-0.25, -0.2) is 9.59 Å². The van der Waals surface area contributed by atoms with E-state index in [2.05, 4.69) is 32.8 Å². The van der Waals surface area contributed by atoms with E-state index in [4.69, 9.17) is 10.5 Å². The third kappa shape index (κ3) is 9.13. The summed E-state index contributed by atoms with van der Waals surface area (Å²) in [5, 5.41) is 12.1. The summed E-state index contributed by atoms with van der Waals surface area (Å²) >= 11 is 0. The highest BCUT2D eigenvalue weighted by atomic mass is 16.7. The Morgan fingerprint density at radius 2 is 1.97 bits per heavy atom. The van der Waals surface area contributed by atoms with E-state index in [-0.39, 0.29) is 31.4 Å². The zero-order valence-electron chi connectivity index (χ0n) is 18.6. The number of unbranched alkanes of at least 4 members (excludes halogenated alkanes) is 2. The lowest BCUT2D eigenvalue weighted by Crippen LogP contribution is -2.46. The SMILES string of the molecule is CCCCCOC(=O)CCNC(=O)N[C@H]1CCN(c2ccc(CN=NOC(N)=O)cc2)C1=O. The average Bonchev–Trinajstić information content (AvgIpc) is 3.14. The van der Waals surface area contributed by atoms with E-state index < -0.39 is 18.2 Å². The molecule has 1 fully saturated rings. The summed E-state index contributed by atoms with van der Waals surface area (Å²) in [6.07, 6.45) is 2.38. The maximum absolute atomic E-state index is 12.7. The number of rotatable bonds is 12. The fourth-order valence-corrected chi connectivity index (χ4v) is 3.13. The van der Waals surface area contributed by atoms with Gasteiger partial charge in [-0.2, -0.15) is 0 Å². The second kappa shape index (κ2) is 13.7. The summed E-state index contributed by atoms with van der Waals surface area (Å²) < 4.78 is 5.08. The van der Waals surface area contributed by atoms with Gasteiger partial charge in [-0.1, -0.05) is 31.9 Å². The van der Waals surface area contributed by atoms with Gasteiger partial charge in [-0.3, -0.25) is 14.4 Å². The first-order chi connectivity index (χ1) is 15.9. The van der Waals surface area contributed by atoms with Crippen LogP contribution in [0.3, 0.4) is 0 Å². The number of anilines is 1. The highest BCUT2D eigenvalue weighted by Gasteiger charge is 2.33. The van der Waals surface area contributed by atoms with Crippen molar-refractivity contribution in [3.8, 4) is 0 Å². The van der Waals surface area contributed by atoms with Crippen molar-refractivity contribution in [2.75, 3.05) is 24.6 Å². The predicted molar refractivity (Wildman–Crippen MR) is 118 cm³/mol. The number of urea groups is 1. The first kappa shape index (κ1) is 25.6. The van der Waals surface area contributed by atoms with Gasteiger partial charge in [0.2, 0.25) is 5.91 Å². The van der Waals surface area contributed by atoms with Crippen LogP contribution in [0.15, 0.2) is 34.7 Å². The Bertz CT molecular complexity index is 844. The molecule has 12 heteroatoms. The molecular formula is C21H30N6O6. The van der Waals surface area contributed by atoms with Gasteiger partial charge in [-0.05, 0) is 30.5 Å². The number of carbonyl (C=O) groups excluding carboxylic acids is 4. The number of benzene rings is 1. The highest BCUT2D eigenvalue weighted by Crippen LogP contribution is 2.22. The number of esters is 1. The fourth-order valence-electron chi connectivity index (χ4n) is 3.13. The normalized spacial score (nSPS) is 15.5. The fraction of sp³-hybridized carbons (Fsp3) is 0.524. The maximum atomic E-state index is 12.7. The van der Waals surface area contributed by atoms with Crippen molar-refractivity contribution in [2.45, 2.75) is 51.6 Å². The van der Waals surface area contributed by atoms with Crippen molar-refractivity contribution in [2.24, 2.45) is 16.1 Å². The number of hydrogen-bond donors (Lipinski definition) is 3. The largest absolute Gasteiger partial charge is 0.466 e. The standard InChI is InChI=1S/C21H30N6O6/c1-2-3-4-13-32-18(28)9-11-23-21(31)25-17-10-12-27(19(17)29)16-7-5-15(6-8-16)14-24-26-33-20(22)30/h5-8,17H,2-4,9-14H2,1H3,(H2,22,30)(H2,23,25,31)/t17-/m0/s1. The molecule has 1 atom stereocenters. The molecule has 33 heavy (non-hydrogen) atoms. The molecule has 1 saturated heterocycles. The van der Waals surface area contributed by atoms with Crippen LogP contribution in [0.4, 0.5) is 15.3 Å². The van der Waals surface area contributed by atoms with E-state index in [1.807, 2.05) is 0 Å². The van der Waals surface area contributed by atoms with E-state index in [9.17, 15) is 19.2 Å². The molecule has 2 rings (SSSR count). The third-order valence-corrected chi connectivity index (χ3v) is 4.83. The molecule has 0 aliphatic carbocycles. The van der Waals surface area contributed by atoms with Gasteiger partial charge in [0.05, 0.1) is 19.6 Å². The number of ether oxygens (including phenoxy) is 1. The van der Waals surface area contributed by atoms with Crippen LogP contribution in [0.1, 0.15) is 44.6 Å². The monoisotopic (exact) mass is 462 g/mol. The Kier molecular flexibility index (Phi) is 10.6. The molecule has 1 heterocycles. The molecule has 1 aliphatic rings. The van der Waals surface area contributed by atoms with Crippen LogP contribution >= 0.6 is 0 Å². The molecule has 1 aromatic carbocycles. The summed E-state index contributed by atoms with van der Waals surface area (Å²) in [6.45, 7) is 3.22. The zero-order valence-corrected chi connectivity index (χ0v) is 18.6. The quantitative estimate of drug-likeness (QED) is 0.186. The number of nitrogens with two attached hydrogens (primary N) is 1. The van der Waals surface area contributed by atoms with Crippen molar-refractivity contribution >= 4 is 29.7 Å².